The Balaban J connectivity index is 1.90. The van der Waals surface area contributed by atoms with Crippen LogP contribution < -0.4 is 5.32 Å². The molecule has 0 fully saturated rings. The third-order valence-electron chi connectivity index (χ3n) is 2.66. The Kier molecular flexibility index (Phi) is 4.21. The first-order valence-electron chi connectivity index (χ1n) is 6.10. The number of carbonyl (C=O) groups excluding carboxylic acids is 1. The Morgan fingerprint density at radius 3 is 2.95 bits per heavy atom. The summed E-state index contributed by atoms with van der Waals surface area (Å²) in [7, 11) is 0. The highest BCUT2D eigenvalue weighted by atomic mass is 35.5. The van der Waals surface area contributed by atoms with Crippen LogP contribution in [0.2, 0.25) is 5.02 Å². The zero-order valence-corrected chi connectivity index (χ0v) is 11.7. The molecule has 0 radical (unpaired) electrons. The van der Waals surface area contributed by atoms with Crippen LogP contribution in [0.1, 0.15) is 23.1 Å². The highest BCUT2D eigenvalue weighted by molar-refractivity contribution is 6.30. The van der Waals surface area contributed by atoms with E-state index in [-0.39, 0.29) is 5.91 Å². The van der Waals surface area contributed by atoms with Gasteiger partial charge < -0.3 is 5.32 Å². The zero-order chi connectivity index (χ0) is 13.8. The van der Waals surface area contributed by atoms with Gasteiger partial charge in [-0.15, -0.1) is 0 Å². The van der Waals surface area contributed by atoms with E-state index in [0.29, 0.717) is 30.4 Å². The van der Waals surface area contributed by atoms with Gasteiger partial charge in [0, 0.05) is 19.3 Å². The van der Waals surface area contributed by atoms with Crippen molar-refractivity contribution in [3.8, 4) is 0 Å². The summed E-state index contributed by atoms with van der Waals surface area (Å²) in [5, 5.41) is 11.7. The van der Waals surface area contributed by atoms with Crippen molar-refractivity contribution in [3.05, 3.63) is 34.9 Å². The number of nitrogens with zero attached hydrogens (tertiary/aromatic N) is 4. The fourth-order valence-electron chi connectivity index (χ4n) is 1.80. The maximum Gasteiger partial charge on any atom is 0.269 e. The molecule has 2 rings (SSSR count). The fourth-order valence-corrected chi connectivity index (χ4v) is 1.96. The summed E-state index contributed by atoms with van der Waals surface area (Å²) in [5.74, 6) is -0.124. The van der Waals surface area contributed by atoms with Crippen LogP contribution in [0.25, 0.3) is 0 Å². The van der Waals surface area contributed by atoms with E-state index in [0.717, 1.165) is 5.69 Å². The summed E-state index contributed by atoms with van der Waals surface area (Å²) >= 11 is 5.76. The van der Waals surface area contributed by atoms with Gasteiger partial charge >= 0.3 is 0 Å². The minimum Gasteiger partial charge on any atom is -0.349 e. The van der Waals surface area contributed by atoms with Gasteiger partial charge in [-0.2, -0.15) is 10.2 Å². The van der Waals surface area contributed by atoms with E-state index in [1.807, 2.05) is 13.8 Å². The SMILES string of the molecule is CCn1nc(C)cc1C(=O)NCCn1cc(Cl)cn1. The maximum atomic E-state index is 12.0. The number of amides is 1. The molecule has 0 aliphatic carbocycles. The molecule has 0 spiro atoms. The van der Waals surface area contributed by atoms with Crippen LogP contribution in [0.15, 0.2) is 18.5 Å². The number of hydrogen-bond acceptors (Lipinski definition) is 3. The lowest BCUT2D eigenvalue weighted by atomic mass is 10.3. The number of nitrogens with one attached hydrogen (secondary N) is 1. The van der Waals surface area contributed by atoms with Gasteiger partial charge in [0.1, 0.15) is 5.69 Å². The number of aromatic nitrogens is 4. The van der Waals surface area contributed by atoms with Crippen LogP contribution in [0.5, 0.6) is 0 Å². The second-order valence-electron chi connectivity index (χ2n) is 4.16. The second kappa shape index (κ2) is 5.88. The fraction of sp³-hybridized carbons (Fsp3) is 0.417. The molecule has 2 heterocycles. The lowest BCUT2D eigenvalue weighted by Gasteiger charge is -2.06. The Hall–Kier alpha value is -1.82. The summed E-state index contributed by atoms with van der Waals surface area (Å²) in [6, 6.07) is 1.78. The van der Waals surface area contributed by atoms with Crippen LogP contribution in [0.3, 0.4) is 0 Å². The molecule has 0 atom stereocenters. The van der Waals surface area contributed by atoms with Gasteiger partial charge in [-0.1, -0.05) is 11.6 Å². The number of hydrogen-bond donors (Lipinski definition) is 1. The van der Waals surface area contributed by atoms with Crippen molar-refractivity contribution in [1.29, 1.82) is 0 Å². The Labute approximate surface area is 116 Å². The molecule has 0 aromatic carbocycles. The molecule has 2 aromatic heterocycles. The van der Waals surface area contributed by atoms with Crippen molar-refractivity contribution in [2.75, 3.05) is 6.54 Å². The van der Waals surface area contributed by atoms with Crippen LogP contribution in [0.4, 0.5) is 0 Å². The number of rotatable bonds is 5. The van der Waals surface area contributed by atoms with Crippen LogP contribution in [0, 0.1) is 6.92 Å². The Bertz CT molecular complexity index is 574. The third kappa shape index (κ3) is 3.35. The lowest BCUT2D eigenvalue weighted by molar-refractivity contribution is 0.0941. The lowest BCUT2D eigenvalue weighted by Crippen LogP contribution is -2.29. The standard InChI is InChI=1S/C12H16ClN5O/c1-3-18-11(6-9(2)16-18)12(19)14-4-5-17-8-10(13)7-15-17/h6-8H,3-5H2,1-2H3,(H,14,19). The molecule has 0 aliphatic rings. The first-order chi connectivity index (χ1) is 9.10. The second-order valence-corrected chi connectivity index (χ2v) is 4.60. The first kappa shape index (κ1) is 13.6. The smallest absolute Gasteiger partial charge is 0.269 e. The van der Waals surface area contributed by atoms with E-state index in [4.69, 9.17) is 11.6 Å². The van der Waals surface area contributed by atoms with E-state index >= 15 is 0 Å². The molecule has 102 valence electrons. The van der Waals surface area contributed by atoms with E-state index < -0.39 is 0 Å². The van der Waals surface area contributed by atoms with Crippen molar-refractivity contribution >= 4 is 17.5 Å². The Morgan fingerprint density at radius 2 is 2.32 bits per heavy atom. The van der Waals surface area contributed by atoms with E-state index in [9.17, 15) is 4.79 Å². The molecule has 7 heteroatoms. The monoisotopic (exact) mass is 281 g/mol. The van der Waals surface area contributed by atoms with Crippen LogP contribution in [-0.2, 0) is 13.1 Å². The molecule has 0 bridgehead atoms. The maximum absolute atomic E-state index is 12.0. The quantitative estimate of drug-likeness (QED) is 0.903. The average molecular weight is 282 g/mol. The molecule has 1 amide bonds. The van der Waals surface area contributed by atoms with Crippen molar-refractivity contribution < 1.29 is 4.79 Å². The van der Waals surface area contributed by atoms with Gasteiger partial charge in [-0.25, -0.2) is 0 Å². The molecular weight excluding hydrogens is 266 g/mol. The molecule has 0 unspecified atom stereocenters. The number of aryl methyl sites for hydroxylation is 2. The summed E-state index contributed by atoms with van der Waals surface area (Å²) in [6.07, 6.45) is 3.28. The summed E-state index contributed by atoms with van der Waals surface area (Å²) < 4.78 is 3.38. The third-order valence-corrected chi connectivity index (χ3v) is 2.86. The molecule has 0 aliphatic heterocycles. The van der Waals surface area contributed by atoms with Gasteiger partial charge in [0.05, 0.1) is 23.5 Å². The first-order valence-corrected chi connectivity index (χ1v) is 6.48. The average Bonchev–Trinajstić information content (AvgIpc) is 2.95. The minimum atomic E-state index is -0.124. The summed E-state index contributed by atoms with van der Waals surface area (Å²) in [6.45, 7) is 5.57. The highest BCUT2D eigenvalue weighted by Crippen LogP contribution is 2.05. The van der Waals surface area contributed by atoms with Gasteiger partial charge in [-0.3, -0.25) is 14.2 Å². The zero-order valence-electron chi connectivity index (χ0n) is 10.9. The molecule has 6 nitrogen and oxygen atoms in total. The Morgan fingerprint density at radius 1 is 1.53 bits per heavy atom. The summed E-state index contributed by atoms with van der Waals surface area (Å²) in [4.78, 5) is 12.0. The van der Waals surface area contributed by atoms with Crippen LogP contribution in [-0.4, -0.2) is 32.0 Å². The number of halogens is 1. The van der Waals surface area contributed by atoms with Gasteiger partial charge in [-0.05, 0) is 19.9 Å². The van der Waals surface area contributed by atoms with E-state index in [1.165, 1.54) is 0 Å². The molecule has 19 heavy (non-hydrogen) atoms. The topological polar surface area (TPSA) is 64.7 Å². The summed E-state index contributed by atoms with van der Waals surface area (Å²) in [5.41, 5.74) is 1.42. The highest BCUT2D eigenvalue weighted by Gasteiger charge is 2.12. The van der Waals surface area contributed by atoms with Crippen LogP contribution >= 0.6 is 11.6 Å². The molecule has 2 aromatic rings. The van der Waals surface area contributed by atoms with Gasteiger partial charge in [0.2, 0.25) is 0 Å². The van der Waals surface area contributed by atoms with E-state index in [2.05, 4.69) is 15.5 Å². The number of carbonyl (C=O) groups is 1. The van der Waals surface area contributed by atoms with Crippen molar-refractivity contribution in [2.24, 2.45) is 0 Å². The van der Waals surface area contributed by atoms with Crippen molar-refractivity contribution in [2.45, 2.75) is 26.9 Å². The van der Waals surface area contributed by atoms with Gasteiger partial charge in [0.25, 0.3) is 5.91 Å². The molecule has 0 saturated heterocycles. The van der Waals surface area contributed by atoms with Gasteiger partial charge in [0.15, 0.2) is 0 Å². The van der Waals surface area contributed by atoms with Crippen molar-refractivity contribution in [3.63, 3.8) is 0 Å². The largest absolute Gasteiger partial charge is 0.349 e. The minimum absolute atomic E-state index is 0.124. The predicted octanol–water partition coefficient (Wildman–Crippen LogP) is 1.49. The van der Waals surface area contributed by atoms with Crippen molar-refractivity contribution in [1.82, 2.24) is 24.9 Å². The van der Waals surface area contributed by atoms with E-state index in [1.54, 1.807) is 27.8 Å². The molecule has 1 N–H and O–H groups in total. The molecular formula is C12H16ClN5O. The predicted molar refractivity (Wildman–Crippen MR) is 72.2 cm³/mol. The molecule has 0 saturated carbocycles. The normalized spacial score (nSPS) is 10.7.